The van der Waals surface area contributed by atoms with Crippen LogP contribution in [-0.4, -0.2) is 81.6 Å². The van der Waals surface area contributed by atoms with Crippen molar-refractivity contribution in [1.29, 1.82) is 0 Å². The van der Waals surface area contributed by atoms with Crippen LogP contribution in [0.15, 0.2) is 54.7 Å². The lowest BCUT2D eigenvalue weighted by molar-refractivity contribution is 0.0975. The largest absolute Gasteiger partial charge is 0.491 e. The van der Waals surface area contributed by atoms with Gasteiger partial charge < -0.3 is 30.1 Å². The van der Waals surface area contributed by atoms with Crippen molar-refractivity contribution in [3.05, 3.63) is 94.3 Å². The van der Waals surface area contributed by atoms with Crippen molar-refractivity contribution in [2.75, 3.05) is 20.3 Å². The number of hydrogen-bond donors (Lipinski definition) is 2. The molecule has 0 atom stereocenters. The number of allylic oxidation sites excluding steroid dienone is 2. The van der Waals surface area contributed by atoms with Gasteiger partial charge in [-0.3, -0.25) is 23.7 Å². The zero-order valence-corrected chi connectivity index (χ0v) is 33.6. The molecule has 5 aromatic heterocycles. The Morgan fingerprint density at radius 1 is 0.776 bits per heavy atom. The zero-order chi connectivity index (χ0) is 41.2. The van der Waals surface area contributed by atoms with E-state index >= 15 is 0 Å². The summed E-state index contributed by atoms with van der Waals surface area (Å²) in [5.74, 6) is 0.262. The Morgan fingerprint density at radius 2 is 1.47 bits per heavy atom. The molecule has 0 aliphatic heterocycles. The van der Waals surface area contributed by atoms with Crippen molar-refractivity contribution < 1.29 is 23.9 Å². The molecule has 7 aromatic rings. The van der Waals surface area contributed by atoms with Gasteiger partial charge in [-0.2, -0.15) is 10.2 Å². The van der Waals surface area contributed by atoms with Crippen molar-refractivity contribution in [3.63, 3.8) is 0 Å². The number of methoxy groups -OCH3 is 1. The molecule has 0 aliphatic carbocycles. The molecule has 7 rings (SSSR count). The average Bonchev–Trinajstić information content (AvgIpc) is 3.96. The Kier molecular flexibility index (Phi) is 11.2. The number of benzene rings is 2. The number of nitrogens with two attached hydrogens (primary N) is 2. The Morgan fingerprint density at radius 3 is 2.17 bits per heavy atom. The second-order valence-corrected chi connectivity index (χ2v) is 14.2. The minimum Gasteiger partial charge on any atom is -0.491 e. The van der Waals surface area contributed by atoms with Gasteiger partial charge in [-0.1, -0.05) is 12.2 Å². The van der Waals surface area contributed by atoms with Crippen LogP contribution in [0.5, 0.6) is 5.75 Å². The molecule has 4 N–H and O–H groups in total. The number of aromatic nitrogens is 9. The third kappa shape index (κ3) is 7.57. The highest BCUT2D eigenvalue weighted by molar-refractivity contribution is 6.11. The number of imidazole rings is 1. The Hall–Kier alpha value is -6.68. The van der Waals surface area contributed by atoms with E-state index in [2.05, 4.69) is 10.2 Å². The normalized spacial score (nSPS) is 11.8. The second-order valence-electron chi connectivity index (χ2n) is 14.2. The van der Waals surface area contributed by atoms with Gasteiger partial charge in [-0.25, -0.2) is 15.0 Å². The minimum atomic E-state index is -0.585. The third-order valence-electron chi connectivity index (χ3n) is 10.1. The van der Waals surface area contributed by atoms with E-state index in [9.17, 15) is 14.4 Å². The summed E-state index contributed by atoms with van der Waals surface area (Å²) in [5, 5.41) is 10.5. The number of carbonyl (C=O) groups is 3. The number of ether oxygens (including phenoxy) is 2. The predicted octanol–water partition coefficient (Wildman–Crippen LogP) is 5.25. The number of hydrogen-bond acceptors (Lipinski definition) is 10. The SMILES string of the molecule is CCn1nc(C)cc1C(=O)Cc1nc2cc(C(N)=O)cc(C)c2n1C/C=C/Cn1c2nc(-c3cc(C)nn3CC)ncc2c2cc(C(N)=O)cc(OCCCOC)c21. The minimum absolute atomic E-state index is 0.0192. The molecule has 0 saturated carbocycles. The van der Waals surface area contributed by atoms with Crippen LogP contribution in [0.4, 0.5) is 0 Å². The van der Waals surface area contributed by atoms with Gasteiger partial charge in [0.05, 0.1) is 41.0 Å². The molecule has 300 valence electrons. The Bertz CT molecular complexity index is 2750. The van der Waals surface area contributed by atoms with Crippen molar-refractivity contribution in [2.24, 2.45) is 11.5 Å². The quantitative estimate of drug-likeness (QED) is 0.0696. The van der Waals surface area contributed by atoms with Crippen LogP contribution in [0, 0.1) is 20.8 Å². The molecule has 0 unspecified atom stereocenters. The Balaban J connectivity index is 1.32. The van der Waals surface area contributed by atoms with E-state index in [0.717, 1.165) is 44.5 Å². The molecule has 2 aromatic carbocycles. The van der Waals surface area contributed by atoms with Crippen molar-refractivity contribution in [2.45, 2.75) is 73.6 Å². The van der Waals surface area contributed by atoms with Gasteiger partial charge in [0.25, 0.3) is 0 Å². The molecule has 0 fully saturated rings. The van der Waals surface area contributed by atoms with Gasteiger partial charge in [0, 0.05) is 74.4 Å². The van der Waals surface area contributed by atoms with Crippen LogP contribution in [0.1, 0.15) is 74.2 Å². The van der Waals surface area contributed by atoms with Crippen LogP contribution in [0.3, 0.4) is 0 Å². The highest BCUT2D eigenvalue weighted by atomic mass is 16.5. The summed E-state index contributed by atoms with van der Waals surface area (Å²) in [6, 6.07) is 10.6. The summed E-state index contributed by atoms with van der Waals surface area (Å²) in [7, 11) is 1.63. The van der Waals surface area contributed by atoms with Crippen molar-refractivity contribution in [3.8, 4) is 17.3 Å². The molecule has 58 heavy (non-hydrogen) atoms. The van der Waals surface area contributed by atoms with Crippen molar-refractivity contribution >= 4 is 50.6 Å². The predicted molar refractivity (Wildman–Crippen MR) is 220 cm³/mol. The van der Waals surface area contributed by atoms with Gasteiger partial charge in [0.2, 0.25) is 11.8 Å². The number of aryl methyl sites for hydroxylation is 5. The van der Waals surface area contributed by atoms with E-state index < -0.39 is 11.8 Å². The zero-order valence-electron chi connectivity index (χ0n) is 33.6. The highest BCUT2D eigenvalue weighted by Gasteiger charge is 2.23. The molecule has 0 spiro atoms. The first-order chi connectivity index (χ1) is 27.9. The van der Waals surface area contributed by atoms with E-state index in [1.54, 1.807) is 48.3 Å². The topological polar surface area (TPSA) is 206 Å². The molecular formula is C42H47N11O5. The number of carbonyl (C=O) groups excluding carboxylic acids is 3. The van der Waals surface area contributed by atoms with E-state index in [1.807, 2.05) is 66.7 Å². The number of nitrogens with zero attached hydrogens (tertiary/aromatic N) is 9. The molecule has 16 heteroatoms. The Labute approximate surface area is 334 Å². The van der Waals surface area contributed by atoms with Gasteiger partial charge in [-0.15, -0.1) is 0 Å². The van der Waals surface area contributed by atoms with Gasteiger partial charge in [0.1, 0.15) is 28.6 Å². The highest BCUT2D eigenvalue weighted by Crippen LogP contribution is 2.36. The first-order valence-electron chi connectivity index (χ1n) is 19.2. The van der Waals surface area contributed by atoms with E-state index in [-0.39, 0.29) is 12.2 Å². The molecule has 2 amide bonds. The molecule has 0 aliphatic rings. The van der Waals surface area contributed by atoms with Crippen LogP contribution in [0.2, 0.25) is 0 Å². The number of Topliss-reactive ketones (excluding diaryl/α,β-unsaturated/α-hetero) is 1. The fraction of sp³-hybridized carbons (Fsp3) is 0.333. The number of rotatable bonds is 17. The lowest BCUT2D eigenvalue weighted by Gasteiger charge is -2.12. The van der Waals surface area contributed by atoms with Gasteiger partial charge >= 0.3 is 0 Å². The smallest absolute Gasteiger partial charge is 0.248 e. The van der Waals surface area contributed by atoms with Crippen LogP contribution in [-0.2, 0) is 37.3 Å². The van der Waals surface area contributed by atoms with E-state index in [1.165, 1.54) is 0 Å². The third-order valence-corrected chi connectivity index (χ3v) is 10.1. The molecular weight excluding hydrogens is 739 g/mol. The summed E-state index contributed by atoms with van der Waals surface area (Å²) in [5.41, 5.74) is 18.5. The summed E-state index contributed by atoms with van der Waals surface area (Å²) < 4.78 is 19.2. The first-order valence-corrected chi connectivity index (χ1v) is 19.2. The van der Waals surface area contributed by atoms with Gasteiger partial charge in [-0.05, 0) is 76.6 Å². The van der Waals surface area contributed by atoms with Crippen LogP contribution >= 0.6 is 0 Å². The van der Waals surface area contributed by atoms with Crippen molar-refractivity contribution in [1.82, 2.24) is 43.6 Å². The fourth-order valence-corrected chi connectivity index (χ4v) is 7.48. The summed E-state index contributed by atoms with van der Waals surface area (Å²) in [4.78, 5) is 53.2. The summed E-state index contributed by atoms with van der Waals surface area (Å²) >= 11 is 0. The van der Waals surface area contributed by atoms with Gasteiger partial charge in [0.15, 0.2) is 11.6 Å². The maximum Gasteiger partial charge on any atom is 0.248 e. The van der Waals surface area contributed by atoms with E-state index in [0.29, 0.717) is 91.2 Å². The first kappa shape index (κ1) is 39.6. The molecule has 5 heterocycles. The molecule has 0 radical (unpaired) electrons. The number of ketones is 1. The molecule has 0 bridgehead atoms. The summed E-state index contributed by atoms with van der Waals surface area (Å²) in [6.07, 6.45) is 6.43. The molecule has 16 nitrogen and oxygen atoms in total. The lowest BCUT2D eigenvalue weighted by atomic mass is 10.1. The van der Waals surface area contributed by atoms with Crippen LogP contribution < -0.4 is 16.2 Å². The molecule has 0 saturated heterocycles. The monoisotopic (exact) mass is 785 g/mol. The fourth-order valence-electron chi connectivity index (χ4n) is 7.48. The number of fused-ring (bicyclic) bond motifs is 4. The number of amides is 2. The maximum absolute atomic E-state index is 13.7. The number of primary amides is 2. The summed E-state index contributed by atoms with van der Waals surface area (Å²) in [6.45, 7) is 12.4. The van der Waals surface area contributed by atoms with Crippen LogP contribution in [0.25, 0.3) is 44.5 Å². The average molecular weight is 786 g/mol. The maximum atomic E-state index is 13.7. The lowest BCUT2D eigenvalue weighted by Crippen LogP contribution is -2.15. The second kappa shape index (κ2) is 16.4. The standard InChI is InChI=1S/C42H47N11O5/c1-7-52-32(17-25(4)48-52)34(54)22-36-46-31-20-27(39(43)55)16-24(3)37(31)50(36)12-9-10-13-51-38-29(19-28(40(44)56)21-35(38)58-15-11-14-57-6)30-23-45-41(47-42(30)51)33-18-26(5)49-53(33)8-2/h9-10,16-21,23H,7-8,11-15,22H2,1-6H3,(H2,43,55)(H2,44,56)/b10-9+. The van der Waals surface area contributed by atoms with E-state index in [4.69, 9.17) is 35.9 Å².